The highest BCUT2D eigenvalue weighted by Crippen LogP contribution is 2.19. The van der Waals surface area contributed by atoms with E-state index in [-0.39, 0.29) is 11.4 Å². The van der Waals surface area contributed by atoms with Crippen molar-refractivity contribution in [2.45, 2.75) is 31.1 Å². The molecule has 1 heterocycles. The van der Waals surface area contributed by atoms with Gasteiger partial charge in [-0.3, -0.25) is 4.79 Å². The van der Waals surface area contributed by atoms with Crippen molar-refractivity contribution in [1.29, 1.82) is 0 Å². The van der Waals surface area contributed by atoms with E-state index in [2.05, 4.69) is 0 Å². The van der Waals surface area contributed by atoms with Gasteiger partial charge in [0.1, 0.15) is 12.0 Å². The summed E-state index contributed by atoms with van der Waals surface area (Å²) in [5, 5.41) is 8.51. The van der Waals surface area contributed by atoms with Crippen molar-refractivity contribution in [2.75, 3.05) is 19.2 Å². The Morgan fingerprint density at radius 3 is 3.00 bits per heavy atom. The van der Waals surface area contributed by atoms with Crippen LogP contribution in [0, 0.1) is 0 Å². The molecule has 2 atom stereocenters. The summed E-state index contributed by atoms with van der Waals surface area (Å²) >= 11 is 1.46. The van der Waals surface area contributed by atoms with Gasteiger partial charge >= 0.3 is 5.97 Å². The first-order valence-electron chi connectivity index (χ1n) is 4.77. The Hall–Kier alpha value is -0.260. The molecule has 4 nitrogen and oxygen atoms in total. The predicted molar refractivity (Wildman–Crippen MR) is 54.5 cm³/mol. The van der Waals surface area contributed by atoms with Crippen LogP contribution < -0.4 is 0 Å². The van der Waals surface area contributed by atoms with E-state index in [1.807, 2.05) is 6.92 Å². The number of carboxylic acid groups (broad SMARTS) is 1. The van der Waals surface area contributed by atoms with Crippen LogP contribution in [0.15, 0.2) is 0 Å². The van der Waals surface area contributed by atoms with Gasteiger partial charge in [-0.2, -0.15) is 0 Å². The van der Waals surface area contributed by atoms with Gasteiger partial charge in [-0.15, -0.1) is 11.8 Å². The third-order valence-electron chi connectivity index (χ3n) is 2.10. The molecule has 0 aliphatic carbocycles. The molecular weight excluding hydrogens is 204 g/mol. The number of aliphatic carboxylic acids is 1. The number of thioether (sulfide) groups is 1. The molecule has 1 aliphatic rings. The second-order valence-electron chi connectivity index (χ2n) is 3.17. The summed E-state index contributed by atoms with van der Waals surface area (Å²) < 4.78 is 10.3. The van der Waals surface area contributed by atoms with Crippen molar-refractivity contribution >= 4 is 17.7 Å². The fourth-order valence-corrected chi connectivity index (χ4v) is 2.31. The van der Waals surface area contributed by atoms with Crippen molar-refractivity contribution < 1.29 is 19.4 Å². The van der Waals surface area contributed by atoms with Crippen LogP contribution in [-0.2, 0) is 14.3 Å². The molecule has 0 aromatic carbocycles. The van der Waals surface area contributed by atoms with Gasteiger partial charge in [-0.25, -0.2) is 0 Å². The minimum Gasteiger partial charge on any atom is -0.480 e. The molecule has 5 heteroatoms. The molecule has 2 unspecified atom stereocenters. The van der Waals surface area contributed by atoms with Crippen LogP contribution in [0.2, 0.25) is 0 Å². The van der Waals surface area contributed by atoms with Gasteiger partial charge in [0.2, 0.25) is 0 Å². The Labute approximate surface area is 88.0 Å². The van der Waals surface area contributed by atoms with Gasteiger partial charge in [0, 0.05) is 5.75 Å². The normalized spacial score (nSPS) is 24.5. The minimum absolute atomic E-state index is 0.155. The first kappa shape index (κ1) is 11.8. The average molecular weight is 220 g/mol. The molecular formula is C9H16O4S. The zero-order valence-corrected chi connectivity index (χ0v) is 9.09. The predicted octanol–water partition coefficient (Wildman–Crippen LogP) is 1.35. The molecule has 0 saturated carbocycles. The van der Waals surface area contributed by atoms with Crippen LogP contribution in [0.5, 0.6) is 0 Å². The van der Waals surface area contributed by atoms with E-state index in [0.717, 1.165) is 18.8 Å². The van der Waals surface area contributed by atoms with E-state index < -0.39 is 5.97 Å². The summed E-state index contributed by atoms with van der Waals surface area (Å²) in [7, 11) is 0. The van der Waals surface area contributed by atoms with E-state index in [1.54, 1.807) is 0 Å². The summed E-state index contributed by atoms with van der Waals surface area (Å²) in [4.78, 5) is 10.7. The zero-order chi connectivity index (χ0) is 10.4. The van der Waals surface area contributed by atoms with Crippen LogP contribution in [0.25, 0.3) is 0 Å². The number of ether oxygens (including phenoxy) is 2. The second kappa shape index (κ2) is 6.27. The second-order valence-corrected chi connectivity index (χ2v) is 4.41. The average Bonchev–Trinajstić information content (AvgIpc) is 2.20. The smallest absolute Gasteiger partial charge is 0.316 e. The molecule has 0 bridgehead atoms. The van der Waals surface area contributed by atoms with Gasteiger partial charge in [0.15, 0.2) is 0 Å². The maximum absolute atomic E-state index is 10.7. The zero-order valence-electron chi connectivity index (χ0n) is 8.27. The van der Waals surface area contributed by atoms with Gasteiger partial charge in [0.05, 0.1) is 12.7 Å². The molecule has 1 rings (SSSR count). The Kier molecular flexibility index (Phi) is 5.29. The van der Waals surface area contributed by atoms with E-state index in [9.17, 15) is 4.79 Å². The van der Waals surface area contributed by atoms with E-state index in [1.165, 1.54) is 11.8 Å². The highest BCUT2D eigenvalue weighted by molar-refractivity contribution is 8.00. The molecule has 1 N–H and O–H groups in total. The number of hydrogen-bond donors (Lipinski definition) is 1. The molecule has 0 amide bonds. The standard InChI is InChI=1S/C9H16O4S/c1-2-8(9(10)11)14-5-7-3-4-12-6-13-7/h7-8H,2-6H2,1H3,(H,10,11). The van der Waals surface area contributed by atoms with Crippen molar-refractivity contribution in [3.63, 3.8) is 0 Å². The lowest BCUT2D eigenvalue weighted by Crippen LogP contribution is -2.27. The lowest BCUT2D eigenvalue weighted by atomic mass is 10.3. The van der Waals surface area contributed by atoms with Crippen molar-refractivity contribution in [1.82, 2.24) is 0 Å². The maximum Gasteiger partial charge on any atom is 0.316 e. The Morgan fingerprint density at radius 2 is 2.50 bits per heavy atom. The van der Waals surface area contributed by atoms with Crippen LogP contribution in [0.3, 0.4) is 0 Å². The van der Waals surface area contributed by atoms with E-state index >= 15 is 0 Å². The van der Waals surface area contributed by atoms with Gasteiger partial charge in [-0.1, -0.05) is 6.92 Å². The third kappa shape index (κ3) is 3.86. The fourth-order valence-electron chi connectivity index (χ4n) is 1.22. The first-order chi connectivity index (χ1) is 6.74. The van der Waals surface area contributed by atoms with Gasteiger partial charge in [0.25, 0.3) is 0 Å². The van der Waals surface area contributed by atoms with Crippen molar-refractivity contribution in [3.05, 3.63) is 0 Å². The molecule has 0 aromatic heterocycles. The SMILES string of the molecule is CCC(SCC1CCOCO1)C(=O)O. The summed E-state index contributed by atoms with van der Waals surface area (Å²) in [5.74, 6) is 0.0123. The van der Waals surface area contributed by atoms with E-state index in [0.29, 0.717) is 13.2 Å². The highest BCUT2D eigenvalue weighted by atomic mass is 32.2. The molecule has 1 aliphatic heterocycles. The van der Waals surface area contributed by atoms with Crippen LogP contribution >= 0.6 is 11.8 Å². The molecule has 0 radical (unpaired) electrons. The van der Waals surface area contributed by atoms with Crippen molar-refractivity contribution in [2.24, 2.45) is 0 Å². The summed E-state index contributed by atoms with van der Waals surface area (Å²) in [6.45, 7) is 2.95. The molecule has 0 aromatic rings. The Morgan fingerprint density at radius 1 is 1.71 bits per heavy atom. The number of carbonyl (C=O) groups is 1. The quantitative estimate of drug-likeness (QED) is 0.758. The van der Waals surface area contributed by atoms with Gasteiger partial charge in [-0.05, 0) is 12.8 Å². The molecule has 14 heavy (non-hydrogen) atoms. The lowest BCUT2D eigenvalue weighted by molar-refractivity contribution is -0.136. The van der Waals surface area contributed by atoms with Crippen molar-refractivity contribution in [3.8, 4) is 0 Å². The lowest BCUT2D eigenvalue weighted by Gasteiger charge is -2.23. The monoisotopic (exact) mass is 220 g/mol. The topological polar surface area (TPSA) is 55.8 Å². The molecule has 1 saturated heterocycles. The molecule has 82 valence electrons. The Bertz CT molecular complexity index is 180. The Balaban J connectivity index is 2.20. The molecule has 0 spiro atoms. The van der Waals surface area contributed by atoms with Gasteiger partial charge < -0.3 is 14.6 Å². The largest absolute Gasteiger partial charge is 0.480 e. The first-order valence-corrected chi connectivity index (χ1v) is 5.82. The highest BCUT2D eigenvalue weighted by Gasteiger charge is 2.20. The van der Waals surface area contributed by atoms with Crippen LogP contribution in [0.4, 0.5) is 0 Å². The molecule has 1 fully saturated rings. The summed E-state index contributed by atoms with van der Waals surface area (Å²) in [6, 6.07) is 0. The fraction of sp³-hybridized carbons (Fsp3) is 0.889. The van der Waals surface area contributed by atoms with Crippen LogP contribution in [0.1, 0.15) is 19.8 Å². The van der Waals surface area contributed by atoms with Crippen LogP contribution in [-0.4, -0.2) is 41.6 Å². The number of rotatable bonds is 5. The van der Waals surface area contributed by atoms with E-state index in [4.69, 9.17) is 14.6 Å². The third-order valence-corrected chi connectivity index (χ3v) is 3.60. The maximum atomic E-state index is 10.7. The summed E-state index contributed by atoms with van der Waals surface area (Å²) in [6.07, 6.45) is 1.67. The number of hydrogen-bond acceptors (Lipinski definition) is 4. The number of carboxylic acids is 1. The summed E-state index contributed by atoms with van der Waals surface area (Å²) in [5.41, 5.74) is 0. The minimum atomic E-state index is -0.732.